The number of hydrogen-bond donors (Lipinski definition) is 0. The van der Waals surface area contributed by atoms with Crippen molar-refractivity contribution in [2.45, 2.75) is 33.2 Å². The maximum atomic E-state index is 13.1. The summed E-state index contributed by atoms with van der Waals surface area (Å²) in [7, 11) is 0. The first-order chi connectivity index (χ1) is 14.0. The summed E-state index contributed by atoms with van der Waals surface area (Å²) in [4.78, 5) is 20.3. The lowest BCUT2D eigenvalue weighted by molar-refractivity contribution is -0.123. The Kier molecular flexibility index (Phi) is 6.79. The zero-order chi connectivity index (χ0) is 20.8. The van der Waals surface area contributed by atoms with E-state index in [0.29, 0.717) is 15.8 Å². The second kappa shape index (κ2) is 9.49. The summed E-state index contributed by atoms with van der Waals surface area (Å²) >= 11 is 1.41. The third kappa shape index (κ3) is 5.10. The molecular formula is C24H24N2O2S. The van der Waals surface area contributed by atoms with Gasteiger partial charge in [0, 0.05) is 6.04 Å². The Morgan fingerprint density at radius 1 is 1.21 bits per heavy atom. The summed E-state index contributed by atoms with van der Waals surface area (Å²) in [6.45, 7) is 6.39. The monoisotopic (exact) mass is 404 g/mol. The second-order valence-electron chi connectivity index (χ2n) is 6.83. The predicted octanol–water partition coefficient (Wildman–Crippen LogP) is 5.41. The van der Waals surface area contributed by atoms with Gasteiger partial charge >= 0.3 is 0 Å². The van der Waals surface area contributed by atoms with E-state index in [0.717, 1.165) is 17.7 Å². The smallest absolute Gasteiger partial charge is 0.266 e. The number of benzene rings is 2. The number of rotatable bonds is 6. The van der Waals surface area contributed by atoms with Crippen LogP contribution in [-0.2, 0) is 4.79 Å². The molecule has 1 amide bonds. The molecule has 1 saturated heterocycles. The molecular weight excluding hydrogens is 380 g/mol. The number of thioether (sulfide) groups is 1. The van der Waals surface area contributed by atoms with Crippen molar-refractivity contribution in [1.82, 2.24) is 4.90 Å². The molecule has 0 N–H and O–H groups in total. The molecule has 29 heavy (non-hydrogen) atoms. The maximum Gasteiger partial charge on any atom is 0.266 e. The molecule has 1 fully saturated rings. The Labute approximate surface area is 176 Å². The zero-order valence-electron chi connectivity index (χ0n) is 16.9. The minimum absolute atomic E-state index is 0.0112. The number of amidine groups is 1. The molecule has 0 bridgehead atoms. The Hall–Kier alpha value is -2.97. The van der Waals surface area contributed by atoms with Gasteiger partial charge in [-0.3, -0.25) is 9.69 Å². The van der Waals surface area contributed by atoms with Gasteiger partial charge < -0.3 is 4.74 Å². The molecule has 1 atom stereocenters. The lowest BCUT2D eigenvalue weighted by Gasteiger charge is -2.22. The molecule has 5 heteroatoms. The quantitative estimate of drug-likeness (QED) is 0.477. The van der Waals surface area contributed by atoms with Gasteiger partial charge in [0.1, 0.15) is 12.4 Å². The van der Waals surface area contributed by atoms with E-state index >= 15 is 0 Å². The molecule has 2 aromatic rings. The van der Waals surface area contributed by atoms with Gasteiger partial charge in [-0.1, -0.05) is 42.7 Å². The molecule has 0 aromatic heterocycles. The molecule has 0 spiro atoms. The zero-order valence-corrected chi connectivity index (χ0v) is 17.7. The van der Waals surface area contributed by atoms with Crippen LogP contribution in [0.1, 0.15) is 31.4 Å². The maximum absolute atomic E-state index is 13.1. The van der Waals surface area contributed by atoms with Gasteiger partial charge in [0.2, 0.25) is 0 Å². The van der Waals surface area contributed by atoms with Gasteiger partial charge in [-0.25, -0.2) is 4.99 Å². The highest BCUT2D eigenvalue weighted by Gasteiger charge is 2.36. The molecule has 0 aliphatic carbocycles. The van der Waals surface area contributed by atoms with Crippen LogP contribution < -0.4 is 4.74 Å². The van der Waals surface area contributed by atoms with E-state index in [1.165, 1.54) is 17.3 Å². The van der Waals surface area contributed by atoms with E-state index in [9.17, 15) is 4.79 Å². The average Bonchev–Trinajstić information content (AvgIpc) is 3.03. The Morgan fingerprint density at radius 3 is 2.52 bits per heavy atom. The number of aryl methyl sites for hydroxylation is 1. The van der Waals surface area contributed by atoms with E-state index in [1.54, 1.807) is 4.90 Å². The van der Waals surface area contributed by atoms with Gasteiger partial charge in [0.25, 0.3) is 5.91 Å². The van der Waals surface area contributed by atoms with Gasteiger partial charge in [-0.15, -0.1) is 6.42 Å². The van der Waals surface area contributed by atoms with Crippen molar-refractivity contribution >= 4 is 34.6 Å². The van der Waals surface area contributed by atoms with E-state index in [2.05, 4.69) is 12.8 Å². The van der Waals surface area contributed by atoms with E-state index < -0.39 is 0 Å². The van der Waals surface area contributed by atoms with Gasteiger partial charge in [-0.2, -0.15) is 0 Å². The first kappa shape index (κ1) is 20.8. The lowest BCUT2D eigenvalue weighted by atomic mass is 10.2. The van der Waals surface area contributed by atoms with E-state index in [1.807, 2.05) is 68.5 Å². The number of ether oxygens (including phenoxy) is 1. The predicted molar refractivity (Wildman–Crippen MR) is 121 cm³/mol. The van der Waals surface area contributed by atoms with Crippen molar-refractivity contribution in [3.05, 3.63) is 64.6 Å². The normalized spacial score (nSPS) is 17.6. The van der Waals surface area contributed by atoms with Crippen LogP contribution >= 0.6 is 11.8 Å². The Bertz CT molecular complexity index is 969. The number of aliphatic imine (C=N–C) groups is 1. The Morgan fingerprint density at radius 2 is 1.90 bits per heavy atom. The minimum atomic E-state index is -0.0112. The third-order valence-electron chi connectivity index (χ3n) is 4.63. The standard InChI is InChI=1S/C24H24N2O2S/c1-5-15-28-21-13-9-19(10-14-21)16-22-23(27)26(18(4)6-2)24(29-22)25-20-11-7-17(3)8-12-20/h1,7-14,16,18H,6,15H2,2-4H3/b22-16+,25-24?/t18-/m0/s1. The number of nitrogens with zero attached hydrogens (tertiary/aromatic N) is 2. The summed E-state index contributed by atoms with van der Waals surface area (Å²) < 4.78 is 5.40. The van der Waals surface area contributed by atoms with Crippen LogP contribution in [0.4, 0.5) is 5.69 Å². The van der Waals surface area contributed by atoms with Crippen molar-refractivity contribution in [1.29, 1.82) is 0 Å². The third-order valence-corrected chi connectivity index (χ3v) is 5.61. The minimum Gasteiger partial charge on any atom is -0.481 e. The number of carbonyl (C=O) groups is 1. The first-order valence-electron chi connectivity index (χ1n) is 9.56. The first-order valence-corrected chi connectivity index (χ1v) is 10.4. The van der Waals surface area contributed by atoms with Gasteiger partial charge in [0.05, 0.1) is 10.6 Å². The molecule has 3 rings (SSSR count). The van der Waals surface area contributed by atoms with Crippen molar-refractivity contribution in [3.63, 3.8) is 0 Å². The van der Waals surface area contributed by atoms with Crippen LogP contribution in [0, 0.1) is 19.3 Å². The topological polar surface area (TPSA) is 41.9 Å². The number of hydrogen-bond acceptors (Lipinski definition) is 4. The summed E-state index contributed by atoms with van der Waals surface area (Å²) in [5, 5.41) is 0.716. The van der Waals surface area contributed by atoms with Gasteiger partial charge in [-0.05, 0) is 67.9 Å². The van der Waals surface area contributed by atoms with Crippen molar-refractivity contribution < 1.29 is 9.53 Å². The van der Waals surface area contributed by atoms with E-state index in [4.69, 9.17) is 16.2 Å². The van der Waals surface area contributed by atoms with Crippen LogP contribution in [0.3, 0.4) is 0 Å². The number of terminal acetylenes is 1. The highest BCUT2D eigenvalue weighted by atomic mass is 32.2. The largest absolute Gasteiger partial charge is 0.481 e. The fourth-order valence-electron chi connectivity index (χ4n) is 2.80. The Balaban J connectivity index is 1.88. The van der Waals surface area contributed by atoms with E-state index in [-0.39, 0.29) is 18.6 Å². The molecule has 1 aliphatic heterocycles. The molecule has 148 valence electrons. The van der Waals surface area contributed by atoms with Crippen LogP contribution in [-0.4, -0.2) is 28.6 Å². The molecule has 1 aliphatic rings. The molecule has 0 saturated carbocycles. The summed E-state index contributed by atoms with van der Waals surface area (Å²) in [6.07, 6.45) is 7.96. The SMILES string of the molecule is C#CCOc1ccc(/C=C2/SC(=Nc3ccc(C)cc3)N([C@@H](C)CC)C2=O)cc1. The van der Waals surface area contributed by atoms with Crippen LogP contribution in [0.15, 0.2) is 58.4 Å². The molecule has 2 aromatic carbocycles. The van der Waals surface area contributed by atoms with Crippen LogP contribution in [0.5, 0.6) is 5.75 Å². The fraction of sp³-hybridized carbons (Fsp3) is 0.250. The van der Waals surface area contributed by atoms with Crippen LogP contribution in [0.25, 0.3) is 6.08 Å². The van der Waals surface area contributed by atoms with Crippen molar-refractivity contribution in [2.75, 3.05) is 6.61 Å². The summed E-state index contributed by atoms with van der Waals surface area (Å²) in [5.74, 6) is 3.14. The molecule has 4 nitrogen and oxygen atoms in total. The van der Waals surface area contributed by atoms with Crippen molar-refractivity contribution in [3.8, 4) is 18.1 Å². The van der Waals surface area contributed by atoms with Gasteiger partial charge in [0.15, 0.2) is 5.17 Å². The molecule has 0 radical (unpaired) electrons. The average molecular weight is 405 g/mol. The second-order valence-corrected chi connectivity index (χ2v) is 7.84. The molecule has 1 heterocycles. The lowest BCUT2D eigenvalue weighted by Crippen LogP contribution is -2.36. The summed E-state index contributed by atoms with van der Waals surface area (Å²) in [6, 6.07) is 15.6. The fourth-order valence-corrected chi connectivity index (χ4v) is 3.89. The highest BCUT2D eigenvalue weighted by molar-refractivity contribution is 8.18. The number of carbonyl (C=O) groups excluding carboxylic acids is 1. The molecule has 0 unspecified atom stereocenters. The van der Waals surface area contributed by atoms with Crippen molar-refractivity contribution in [2.24, 2.45) is 4.99 Å². The number of amides is 1. The van der Waals surface area contributed by atoms with Crippen LogP contribution in [0.2, 0.25) is 0 Å². The highest BCUT2D eigenvalue weighted by Crippen LogP contribution is 2.36. The summed E-state index contributed by atoms with van der Waals surface area (Å²) in [5.41, 5.74) is 2.95.